The van der Waals surface area contributed by atoms with E-state index in [2.05, 4.69) is 9.97 Å². The van der Waals surface area contributed by atoms with Crippen LogP contribution >= 0.6 is 11.3 Å². The maximum atomic E-state index is 17.3. The van der Waals surface area contributed by atoms with E-state index in [0.717, 1.165) is 31.0 Å². The van der Waals surface area contributed by atoms with E-state index < -0.39 is 58.3 Å². The first-order chi connectivity index (χ1) is 26.8. The molecular formula is C38H39F6N7O4S. The number of fused-ring (bicyclic) bond motifs is 3. The molecule has 0 saturated carbocycles. The molecule has 4 aliphatic heterocycles. The maximum absolute atomic E-state index is 17.3. The SMILES string of the molecule is CCN(c1nc(OCC23CCCN2CC(F)C3)nc2c(F)c(-c3ccc(F)c4sc(N)c(C#N)c34)c(C(F)(F)F)cc12)C1CCN(C(=O)OC2CCCOC2)C1. The van der Waals surface area contributed by atoms with E-state index in [1.807, 2.05) is 11.0 Å². The summed E-state index contributed by atoms with van der Waals surface area (Å²) in [6.07, 6.45) is -3.62. The maximum Gasteiger partial charge on any atom is 0.417 e. The van der Waals surface area contributed by atoms with Gasteiger partial charge in [-0.25, -0.2) is 18.0 Å². The summed E-state index contributed by atoms with van der Waals surface area (Å²) in [4.78, 5) is 27.4. The van der Waals surface area contributed by atoms with Crippen molar-refractivity contribution in [2.45, 2.75) is 75.5 Å². The molecule has 56 heavy (non-hydrogen) atoms. The van der Waals surface area contributed by atoms with Gasteiger partial charge in [-0.05, 0) is 63.3 Å². The van der Waals surface area contributed by atoms with Crippen molar-refractivity contribution >= 4 is 49.2 Å². The summed E-state index contributed by atoms with van der Waals surface area (Å²) in [7, 11) is 0. The summed E-state index contributed by atoms with van der Waals surface area (Å²) < 4.78 is 110. The van der Waals surface area contributed by atoms with Crippen LogP contribution in [-0.2, 0) is 15.7 Å². The Balaban J connectivity index is 1.26. The topological polar surface area (TPSA) is 130 Å². The number of carbonyl (C=O) groups excluding carboxylic acids is 1. The number of ether oxygens (including phenoxy) is 3. The number of hydrogen-bond donors (Lipinski definition) is 1. The quantitative estimate of drug-likeness (QED) is 0.180. The first kappa shape index (κ1) is 38.3. The monoisotopic (exact) mass is 803 g/mol. The number of likely N-dealkylation sites (tertiary alicyclic amines) is 1. The van der Waals surface area contributed by atoms with Gasteiger partial charge in [-0.15, -0.1) is 11.3 Å². The highest BCUT2D eigenvalue weighted by Gasteiger charge is 2.49. The molecule has 0 aliphatic carbocycles. The first-order valence-electron chi connectivity index (χ1n) is 18.7. The van der Waals surface area contributed by atoms with Crippen molar-refractivity contribution < 1.29 is 45.3 Å². The largest absolute Gasteiger partial charge is 0.461 e. The molecule has 4 atom stereocenters. The second-order valence-electron chi connectivity index (χ2n) is 14.9. The minimum Gasteiger partial charge on any atom is -0.461 e. The second-order valence-corrected chi connectivity index (χ2v) is 15.9. The van der Waals surface area contributed by atoms with Crippen molar-refractivity contribution in [1.29, 1.82) is 5.26 Å². The molecule has 1 amide bonds. The third-order valence-corrected chi connectivity index (χ3v) is 12.5. The zero-order chi connectivity index (χ0) is 39.5. The Bertz CT molecular complexity index is 2230. The minimum absolute atomic E-state index is 0.0359. The lowest BCUT2D eigenvalue weighted by molar-refractivity contribution is -0.137. The van der Waals surface area contributed by atoms with Gasteiger partial charge in [-0.2, -0.15) is 28.4 Å². The Labute approximate surface area is 321 Å². The van der Waals surface area contributed by atoms with Gasteiger partial charge in [-0.3, -0.25) is 4.90 Å². The van der Waals surface area contributed by atoms with Crippen molar-refractivity contribution in [3.8, 4) is 23.2 Å². The van der Waals surface area contributed by atoms with E-state index in [0.29, 0.717) is 56.9 Å². The first-order valence-corrected chi connectivity index (χ1v) is 19.5. The molecule has 0 bridgehead atoms. The van der Waals surface area contributed by atoms with Gasteiger partial charge in [0, 0.05) is 61.6 Å². The lowest BCUT2D eigenvalue weighted by atomic mass is 9.92. The van der Waals surface area contributed by atoms with Gasteiger partial charge < -0.3 is 29.7 Å². The number of rotatable bonds is 8. The highest BCUT2D eigenvalue weighted by Crippen LogP contribution is 2.48. The number of nitriles is 1. The van der Waals surface area contributed by atoms with E-state index in [-0.39, 0.29) is 82.2 Å². The fourth-order valence-corrected chi connectivity index (χ4v) is 9.83. The number of carbonyl (C=O) groups is 1. The molecule has 298 valence electrons. The van der Waals surface area contributed by atoms with Gasteiger partial charge in [0.2, 0.25) is 0 Å². The van der Waals surface area contributed by atoms with Crippen LogP contribution in [0.4, 0.5) is 42.0 Å². The number of hydrogen-bond acceptors (Lipinski definition) is 11. The molecule has 2 aromatic carbocycles. The number of amides is 1. The molecule has 2 N–H and O–H groups in total. The van der Waals surface area contributed by atoms with Crippen molar-refractivity contribution in [2.75, 3.05) is 63.2 Å². The lowest BCUT2D eigenvalue weighted by Gasteiger charge is -2.32. The summed E-state index contributed by atoms with van der Waals surface area (Å²) in [5.41, 5.74) is 1.83. The zero-order valence-electron chi connectivity index (χ0n) is 30.4. The molecule has 18 heteroatoms. The van der Waals surface area contributed by atoms with E-state index in [4.69, 9.17) is 19.9 Å². The van der Waals surface area contributed by atoms with E-state index in [1.54, 1.807) is 11.8 Å². The lowest BCUT2D eigenvalue weighted by Crippen LogP contribution is -2.43. The number of halogens is 6. The van der Waals surface area contributed by atoms with Crippen LogP contribution in [0, 0.1) is 23.0 Å². The molecule has 4 fully saturated rings. The number of likely N-dealkylation sites (N-methyl/N-ethyl adjacent to an activating group) is 1. The number of nitrogens with zero attached hydrogens (tertiary/aromatic N) is 6. The number of thiophene rings is 1. The molecule has 11 nitrogen and oxygen atoms in total. The number of alkyl halides is 4. The van der Waals surface area contributed by atoms with Gasteiger partial charge in [0.05, 0.1) is 28.0 Å². The van der Waals surface area contributed by atoms with Crippen molar-refractivity contribution in [2.24, 2.45) is 0 Å². The Morgan fingerprint density at radius 2 is 2.02 bits per heavy atom. The normalized spacial score (nSPS) is 24.2. The van der Waals surface area contributed by atoms with E-state index in [9.17, 15) is 14.4 Å². The standard InChI is InChI=1S/C38H39F6N7O4S/c1-2-51(21-8-11-49(17-21)36(52)55-22-5-3-12-53-18-22)34-24-13-26(38(42,43)44)29(23-6-7-27(40)32-28(23)25(15-45)33(46)56-32)30(41)31(24)47-35(48-34)54-19-37-9-4-10-50(37)16-20(39)14-37/h6-7,13,20-22H,2-5,8-12,14,16-19,46H2,1H3. The van der Waals surface area contributed by atoms with E-state index >= 15 is 22.0 Å². The summed E-state index contributed by atoms with van der Waals surface area (Å²) >= 11 is 0.675. The molecule has 0 spiro atoms. The van der Waals surface area contributed by atoms with Gasteiger partial charge in [0.1, 0.15) is 47.1 Å². The van der Waals surface area contributed by atoms with Crippen LogP contribution in [-0.4, -0.2) is 102 Å². The van der Waals surface area contributed by atoms with Crippen LogP contribution in [0.25, 0.3) is 32.1 Å². The van der Waals surface area contributed by atoms with Crippen LogP contribution in [0.3, 0.4) is 0 Å². The predicted octanol–water partition coefficient (Wildman–Crippen LogP) is 7.43. The molecule has 4 aromatic rings. The third kappa shape index (κ3) is 6.70. The van der Waals surface area contributed by atoms with Crippen LogP contribution < -0.4 is 15.4 Å². The molecular weight excluding hydrogens is 765 g/mol. The van der Waals surface area contributed by atoms with Crippen LogP contribution in [0.15, 0.2) is 18.2 Å². The fourth-order valence-electron chi connectivity index (χ4n) is 8.88. The highest BCUT2D eigenvalue weighted by molar-refractivity contribution is 7.23. The summed E-state index contributed by atoms with van der Waals surface area (Å²) in [5.74, 6) is -2.28. The van der Waals surface area contributed by atoms with Crippen LogP contribution in [0.2, 0.25) is 0 Å². The molecule has 4 unspecified atom stereocenters. The Hall–Kier alpha value is -4.60. The molecule has 4 aliphatic rings. The number of anilines is 2. The predicted molar refractivity (Wildman–Crippen MR) is 196 cm³/mol. The second kappa shape index (κ2) is 14.7. The number of nitrogen functional groups attached to an aromatic ring is 1. The summed E-state index contributed by atoms with van der Waals surface area (Å²) in [6, 6.07) is 3.70. The fraction of sp³-hybridized carbons (Fsp3) is 0.526. The highest BCUT2D eigenvalue weighted by atomic mass is 32.1. The van der Waals surface area contributed by atoms with Crippen molar-refractivity contribution in [1.82, 2.24) is 19.8 Å². The molecule has 4 saturated heterocycles. The molecule has 0 radical (unpaired) electrons. The summed E-state index contributed by atoms with van der Waals surface area (Å²) in [6.45, 7) is 4.16. The average molecular weight is 804 g/mol. The smallest absolute Gasteiger partial charge is 0.417 e. The van der Waals surface area contributed by atoms with Crippen molar-refractivity contribution in [3.05, 3.63) is 41.0 Å². The van der Waals surface area contributed by atoms with Gasteiger partial charge >= 0.3 is 18.3 Å². The van der Waals surface area contributed by atoms with Gasteiger partial charge in [0.25, 0.3) is 0 Å². The van der Waals surface area contributed by atoms with E-state index in [1.165, 1.54) is 4.90 Å². The number of aromatic nitrogens is 2. The Morgan fingerprint density at radius 1 is 1.20 bits per heavy atom. The average Bonchev–Trinajstić information content (AvgIpc) is 3.94. The van der Waals surface area contributed by atoms with Gasteiger partial charge in [-0.1, -0.05) is 6.07 Å². The third-order valence-electron chi connectivity index (χ3n) is 11.5. The Morgan fingerprint density at radius 3 is 2.75 bits per heavy atom. The molecule has 6 heterocycles. The minimum atomic E-state index is -5.14. The van der Waals surface area contributed by atoms with Gasteiger partial charge in [0.15, 0.2) is 5.82 Å². The number of nitrogens with two attached hydrogens (primary N) is 1. The number of benzene rings is 2. The van der Waals surface area contributed by atoms with Crippen LogP contribution in [0.5, 0.6) is 6.01 Å². The van der Waals surface area contributed by atoms with Crippen molar-refractivity contribution in [3.63, 3.8) is 0 Å². The molecule has 2 aromatic heterocycles. The zero-order valence-corrected chi connectivity index (χ0v) is 31.2. The molecule has 8 rings (SSSR count). The van der Waals surface area contributed by atoms with Crippen LogP contribution in [0.1, 0.15) is 56.6 Å². The Kier molecular flexibility index (Phi) is 10.1. The summed E-state index contributed by atoms with van der Waals surface area (Å²) in [5, 5.41) is 9.24.